The maximum atomic E-state index is 5.33. The Hall–Kier alpha value is -1.20. The first-order chi connectivity index (χ1) is 9.19. The number of fused-ring (bicyclic) bond motifs is 1. The average Bonchev–Trinajstić information content (AvgIpc) is 2.86. The molecule has 104 valence electrons. The number of methoxy groups -OCH3 is 1. The molecule has 0 saturated carbocycles. The first-order valence-electron chi connectivity index (χ1n) is 6.76. The highest BCUT2D eigenvalue weighted by Gasteiger charge is 2.14. The molecule has 0 aliphatic rings. The van der Waals surface area contributed by atoms with Gasteiger partial charge in [0.1, 0.15) is 16.8 Å². The van der Waals surface area contributed by atoms with Crippen LogP contribution in [0.1, 0.15) is 44.0 Å². The molecule has 5 heteroatoms. The van der Waals surface area contributed by atoms with Crippen molar-refractivity contribution in [1.29, 1.82) is 0 Å². The highest BCUT2D eigenvalue weighted by Crippen LogP contribution is 2.30. The molecule has 2 rings (SSSR count). The SMILES string of the molecule is CCCNc1nc(C(C)OC)nc2sc(CC)cc12. The van der Waals surface area contributed by atoms with Gasteiger partial charge in [0, 0.05) is 18.5 Å². The molecule has 1 N–H and O–H groups in total. The van der Waals surface area contributed by atoms with Crippen LogP contribution < -0.4 is 5.32 Å². The molecule has 2 aromatic heterocycles. The highest BCUT2D eigenvalue weighted by atomic mass is 32.1. The van der Waals surface area contributed by atoms with E-state index < -0.39 is 0 Å². The van der Waals surface area contributed by atoms with Crippen LogP contribution in [0.5, 0.6) is 0 Å². The van der Waals surface area contributed by atoms with Gasteiger partial charge in [0.15, 0.2) is 5.82 Å². The summed E-state index contributed by atoms with van der Waals surface area (Å²) >= 11 is 1.74. The highest BCUT2D eigenvalue weighted by molar-refractivity contribution is 7.18. The quantitative estimate of drug-likeness (QED) is 0.874. The van der Waals surface area contributed by atoms with Gasteiger partial charge in [-0.05, 0) is 25.8 Å². The Balaban J connectivity index is 2.49. The minimum atomic E-state index is -0.0845. The Kier molecular flexibility index (Phi) is 4.71. The summed E-state index contributed by atoms with van der Waals surface area (Å²) in [6, 6.07) is 2.19. The van der Waals surface area contributed by atoms with Crippen LogP contribution in [0.25, 0.3) is 10.2 Å². The van der Waals surface area contributed by atoms with Gasteiger partial charge in [-0.25, -0.2) is 9.97 Å². The van der Waals surface area contributed by atoms with Crippen molar-refractivity contribution in [1.82, 2.24) is 9.97 Å². The van der Waals surface area contributed by atoms with E-state index in [2.05, 4.69) is 35.2 Å². The molecule has 0 aromatic carbocycles. The normalized spacial score (nSPS) is 12.8. The van der Waals surface area contributed by atoms with Crippen molar-refractivity contribution in [2.24, 2.45) is 0 Å². The van der Waals surface area contributed by atoms with Crippen LogP contribution in [0.2, 0.25) is 0 Å². The lowest BCUT2D eigenvalue weighted by Crippen LogP contribution is -2.08. The number of hydrogen-bond donors (Lipinski definition) is 1. The second kappa shape index (κ2) is 6.30. The van der Waals surface area contributed by atoms with Gasteiger partial charge in [-0.2, -0.15) is 0 Å². The fraction of sp³-hybridized carbons (Fsp3) is 0.571. The molecule has 4 nitrogen and oxygen atoms in total. The second-order valence-corrected chi connectivity index (χ2v) is 5.64. The molecule has 1 unspecified atom stereocenters. The number of nitrogens with one attached hydrogen (secondary N) is 1. The summed E-state index contributed by atoms with van der Waals surface area (Å²) in [6.45, 7) is 7.20. The third kappa shape index (κ3) is 3.04. The third-order valence-corrected chi connectivity index (χ3v) is 4.24. The predicted octanol–water partition coefficient (Wildman–Crippen LogP) is 3.78. The minimum Gasteiger partial charge on any atom is -0.374 e. The van der Waals surface area contributed by atoms with Crippen molar-refractivity contribution >= 4 is 27.4 Å². The average molecular weight is 279 g/mol. The van der Waals surface area contributed by atoms with E-state index in [0.717, 1.165) is 41.2 Å². The summed E-state index contributed by atoms with van der Waals surface area (Å²) in [6.07, 6.45) is 2.02. The zero-order valence-corrected chi connectivity index (χ0v) is 12.8. The van der Waals surface area contributed by atoms with Crippen LogP contribution in [0.15, 0.2) is 6.07 Å². The van der Waals surface area contributed by atoms with E-state index in [-0.39, 0.29) is 6.10 Å². The van der Waals surface area contributed by atoms with Crippen molar-refractivity contribution in [3.63, 3.8) is 0 Å². The summed E-state index contributed by atoms with van der Waals surface area (Å²) in [7, 11) is 1.68. The second-order valence-electron chi connectivity index (χ2n) is 4.52. The van der Waals surface area contributed by atoms with E-state index in [1.54, 1.807) is 18.4 Å². The summed E-state index contributed by atoms with van der Waals surface area (Å²) in [4.78, 5) is 11.6. The molecule has 0 saturated heterocycles. The van der Waals surface area contributed by atoms with Gasteiger partial charge >= 0.3 is 0 Å². The van der Waals surface area contributed by atoms with Gasteiger partial charge in [-0.15, -0.1) is 11.3 Å². The largest absolute Gasteiger partial charge is 0.374 e. The van der Waals surface area contributed by atoms with Gasteiger partial charge < -0.3 is 10.1 Å². The molecule has 0 aliphatic carbocycles. The van der Waals surface area contributed by atoms with Crippen molar-refractivity contribution < 1.29 is 4.74 Å². The Morgan fingerprint density at radius 1 is 1.37 bits per heavy atom. The molecule has 2 heterocycles. The Morgan fingerprint density at radius 3 is 2.79 bits per heavy atom. The number of ether oxygens (including phenoxy) is 1. The van der Waals surface area contributed by atoms with Crippen LogP contribution in [0.3, 0.4) is 0 Å². The van der Waals surface area contributed by atoms with E-state index in [1.165, 1.54) is 4.88 Å². The van der Waals surface area contributed by atoms with Gasteiger partial charge in [0.25, 0.3) is 0 Å². The molecule has 19 heavy (non-hydrogen) atoms. The first-order valence-corrected chi connectivity index (χ1v) is 7.58. The van der Waals surface area contributed by atoms with E-state index in [4.69, 9.17) is 4.74 Å². The Morgan fingerprint density at radius 2 is 2.16 bits per heavy atom. The lowest BCUT2D eigenvalue weighted by molar-refractivity contribution is 0.112. The number of nitrogens with zero attached hydrogens (tertiary/aromatic N) is 2. The number of aryl methyl sites for hydroxylation is 1. The molecule has 2 aromatic rings. The van der Waals surface area contributed by atoms with Crippen molar-refractivity contribution in [2.75, 3.05) is 19.0 Å². The van der Waals surface area contributed by atoms with Crippen LogP contribution in [-0.2, 0) is 11.2 Å². The van der Waals surface area contributed by atoms with E-state index in [9.17, 15) is 0 Å². The summed E-state index contributed by atoms with van der Waals surface area (Å²) in [5.41, 5.74) is 0. The molecule has 0 radical (unpaired) electrons. The monoisotopic (exact) mass is 279 g/mol. The summed E-state index contributed by atoms with van der Waals surface area (Å²) in [5.74, 6) is 1.68. The van der Waals surface area contributed by atoms with E-state index >= 15 is 0 Å². The zero-order valence-electron chi connectivity index (χ0n) is 12.0. The molecule has 0 bridgehead atoms. The van der Waals surface area contributed by atoms with Crippen molar-refractivity contribution in [3.05, 3.63) is 16.8 Å². The van der Waals surface area contributed by atoms with Gasteiger partial charge in [-0.1, -0.05) is 13.8 Å². The fourth-order valence-electron chi connectivity index (χ4n) is 1.83. The van der Waals surface area contributed by atoms with Gasteiger partial charge in [-0.3, -0.25) is 0 Å². The van der Waals surface area contributed by atoms with Crippen molar-refractivity contribution in [2.45, 2.75) is 39.7 Å². The lowest BCUT2D eigenvalue weighted by Gasteiger charge is -2.11. The van der Waals surface area contributed by atoms with E-state index in [1.807, 2.05) is 6.92 Å². The van der Waals surface area contributed by atoms with Crippen LogP contribution >= 0.6 is 11.3 Å². The molecular formula is C14H21N3OS. The van der Waals surface area contributed by atoms with E-state index in [0.29, 0.717) is 0 Å². The molecular weight excluding hydrogens is 258 g/mol. The predicted molar refractivity (Wildman–Crippen MR) is 81.0 cm³/mol. The number of hydrogen-bond acceptors (Lipinski definition) is 5. The topological polar surface area (TPSA) is 47.0 Å². The molecule has 0 spiro atoms. The maximum absolute atomic E-state index is 5.33. The zero-order chi connectivity index (χ0) is 13.8. The Labute approximate surface area is 118 Å². The number of rotatable bonds is 6. The van der Waals surface area contributed by atoms with Gasteiger partial charge in [0.05, 0.1) is 5.39 Å². The number of anilines is 1. The Bertz CT molecular complexity index is 553. The smallest absolute Gasteiger partial charge is 0.160 e. The molecule has 1 atom stereocenters. The maximum Gasteiger partial charge on any atom is 0.160 e. The summed E-state index contributed by atoms with van der Waals surface area (Å²) in [5, 5.41) is 4.52. The van der Waals surface area contributed by atoms with Crippen molar-refractivity contribution in [3.8, 4) is 0 Å². The standard InChI is InChI=1S/C14H21N3OS/c1-5-7-15-13-11-8-10(6-2)19-14(11)17-12(16-13)9(3)18-4/h8-9H,5-7H2,1-4H3,(H,15,16,17). The molecule has 0 fully saturated rings. The van der Waals surface area contributed by atoms with Crippen LogP contribution in [0.4, 0.5) is 5.82 Å². The minimum absolute atomic E-state index is 0.0845. The number of thiophene rings is 1. The van der Waals surface area contributed by atoms with Crippen LogP contribution in [-0.4, -0.2) is 23.6 Å². The lowest BCUT2D eigenvalue weighted by atomic mass is 10.3. The van der Waals surface area contributed by atoms with Gasteiger partial charge in [0.2, 0.25) is 0 Å². The summed E-state index contributed by atoms with van der Waals surface area (Å²) < 4.78 is 5.33. The van der Waals surface area contributed by atoms with Crippen LogP contribution in [0, 0.1) is 0 Å². The number of aromatic nitrogens is 2. The third-order valence-electron chi connectivity index (χ3n) is 3.07. The first kappa shape index (κ1) is 14.2. The molecule has 0 aliphatic heterocycles. The molecule has 0 amide bonds. The fourth-order valence-corrected chi connectivity index (χ4v) is 2.80.